The number of nitrogens with one attached hydrogen (secondary N) is 1. The molecule has 0 aliphatic heterocycles. The van der Waals surface area contributed by atoms with Gasteiger partial charge in [-0.25, -0.2) is 9.97 Å². The fourth-order valence-electron chi connectivity index (χ4n) is 2.15. The molecule has 7 heteroatoms. The van der Waals surface area contributed by atoms with Crippen molar-refractivity contribution in [2.24, 2.45) is 0 Å². The van der Waals surface area contributed by atoms with Gasteiger partial charge < -0.3 is 16.3 Å². The van der Waals surface area contributed by atoms with Gasteiger partial charge in [0.25, 0.3) is 0 Å². The maximum absolute atomic E-state index is 4.39. The molecule has 0 atom stereocenters. The number of rotatable bonds is 2. The number of nitrogens with zero attached hydrogens (tertiary/aromatic N) is 2. The van der Waals surface area contributed by atoms with Gasteiger partial charge in [0.15, 0.2) is 0 Å². The minimum absolute atomic E-state index is 0. The summed E-state index contributed by atoms with van der Waals surface area (Å²) in [5, 5.41) is 4.40. The van der Waals surface area contributed by atoms with E-state index in [9.17, 15) is 0 Å². The van der Waals surface area contributed by atoms with Crippen LogP contribution in [-0.2, 0) is 0 Å². The van der Waals surface area contributed by atoms with Crippen molar-refractivity contribution in [3.8, 4) is 0 Å². The van der Waals surface area contributed by atoms with E-state index in [2.05, 4.69) is 73.1 Å². The highest BCUT2D eigenvalue weighted by atomic mass is 79.9. The number of para-hydroxylation sites is 1. The second-order valence-electron chi connectivity index (χ2n) is 4.90. The molecule has 0 saturated carbocycles. The smallest absolute Gasteiger partial charge is 0.141 e. The standard InChI is InChI=1S/C16H13Br2N3.2H2O/c1-9-6-11-14(7-10(9)2)19-8-20-16(11)21-15-12(17)4-3-5-13(15)18;;/h3-8H,1-2H3,(H,19,20,21);2*1H2. The summed E-state index contributed by atoms with van der Waals surface area (Å²) >= 11 is 7.12. The van der Waals surface area contributed by atoms with E-state index in [1.165, 1.54) is 11.1 Å². The van der Waals surface area contributed by atoms with Crippen LogP contribution in [0, 0.1) is 13.8 Å². The molecule has 0 unspecified atom stereocenters. The van der Waals surface area contributed by atoms with Crippen LogP contribution in [0.5, 0.6) is 0 Å². The van der Waals surface area contributed by atoms with Crippen molar-refractivity contribution in [1.29, 1.82) is 0 Å². The average Bonchev–Trinajstić information content (AvgIpc) is 2.45. The van der Waals surface area contributed by atoms with Crippen LogP contribution < -0.4 is 5.32 Å². The molecule has 122 valence electrons. The number of aromatic nitrogens is 2. The van der Waals surface area contributed by atoms with Crippen LogP contribution in [0.4, 0.5) is 11.5 Å². The quantitative estimate of drug-likeness (QED) is 0.651. The minimum atomic E-state index is 0. The van der Waals surface area contributed by atoms with Crippen LogP contribution in [0.3, 0.4) is 0 Å². The molecule has 23 heavy (non-hydrogen) atoms. The van der Waals surface area contributed by atoms with E-state index in [1.54, 1.807) is 6.33 Å². The molecule has 5 nitrogen and oxygen atoms in total. The molecule has 0 amide bonds. The SMILES string of the molecule is Cc1cc2ncnc(Nc3c(Br)cccc3Br)c2cc1C.O.O. The van der Waals surface area contributed by atoms with Crippen molar-refractivity contribution >= 4 is 54.3 Å². The number of hydrogen-bond acceptors (Lipinski definition) is 3. The van der Waals surface area contributed by atoms with Gasteiger partial charge in [0.2, 0.25) is 0 Å². The maximum Gasteiger partial charge on any atom is 0.141 e. The number of hydrogen-bond donors (Lipinski definition) is 1. The number of halogens is 2. The van der Waals surface area contributed by atoms with Crippen LogP contribution in [0.25, 0.3) is 10.9 Å². The molecular formula is C16H17Br2N3O2. The van der Waals surface area contributed by atoms with Crippen molar-refractivity contribution in [2.75, 3.05) is 5.32 Å². The molecule has 3 rings (SSSR count). The van der Waals surface area contributed by atoms with Crippen molar-refractivity contribution in [1.82, 2.24) is 9.97 Å². The molecule has 0 aliphatic carbocycles. The third kappa shape index (κ3) is 3.87. The molecule has 0 radical (unpaired) electrons. The molecule has 5 N–H and O–H groups in total. The zero-order valence-corrected chi connectivity index (χ0v) is 15.8. The third-order valence-electron chi connectivity index (χ3n) is 3.46. The van der Waals surface area contributed by atoms with Gasteiger partial charge in [0.1, 0.15) is 12.1 Å². The lowest BCUT2D eigenvalue weighted by molar-refractivity contribution is 0.823. The van der Waals surface area contributed by atoms with Crippen LogP contribution in [0.15, 0.2) is 45.6 Å². The van der Waals surface area contributed by atoms with Crippen molar-refractivity contribution in [3.63, 3.8) is 0 Å². The Bertz CT molecular complexity index is 821. The number of anilines is 2. The van der Waals surface area contributed by atoms with Gasteiger partial charge in [0, 0.05) is 14.3 Å². The Hall–Kier alpha value is -1.54. The van der Waals surface area contributed by atoms with Crippen molar-refractivity contribution in [3.05, 3.63) is 56.7 Å². The first kappa shape index (κ1) is 19.5. The topological polar surface area (TPSA) is 101 Å². The Morgan fingerprint density at radius 3 is 2.17 bits per heavy atom. The highest BCUT2D eigenvalue weighted by molar-refractivity contribution is 9.11. The van der Waals surface area contributed by atoms with Gasteiger partial charge in [-0.3, -0.25) is 0 Å². The predicted octanol–water partition coefficient (Wildman–Crippen LogP) is 3.87. The van der Waals surface area contributed by atoms with Gasteiger partial charge >= 0.3 is 0 Å². The predicted molar refractivity (Wildman–Crippen MR) is 101 cm³/mol. The highest BCUT2D eigenvalue weighted by Gasteiger charge is 2.10. The second-order valence-corrected chi connectivity index (χ2v) is 6.61. The summed E-state index contributed by atoms with van der Waals surface area (Å²) in [6.07, 6.45) is 1.59. The Labute approximate surface area is 151 Å². The van der Waals surface area contributed by atoms with Gasteiger partial charge in [-0.2, -0.15) is 0 Å². The van der Waals surface area contributed by atoms with Gasteiger partial charge in [-0.1, -0.05) is 6.07 Å². The summed E-state index contributed by atoms with van der Waals surface area (Å²) < 4.78 is 1.96. The van der Waals surface area contributed by atoms with E-state index in [4.69, 9.17) is 0 Å². The lowest BCUT2D eigenvalue weighted by Gasteiger charge is -2.12. The summed E-state index contributed by atoms with van der Waals surface area (Å²) in [5.41, 5.74) is 4.36. The number of benzene rings is 2. The average molecular weight is 443 g/mol. The van der Waals surface area contributed by atoms with Gasteiger partial charge in [0.05, 0.1) is 11.2 Å². The lowest BCUT2D eigenvalue weighted by atomic mass is 10.1. The molecule has 1 heterocycles. The van der Waals surface area contributed by atoms with Crippen molar-refractivity contribution < 1.29 is 11.0 Å². The summed E-state index contributed by atoms with van der Waals surface area (Å²) in [5.74, 6) is 0.802. The van der Waals surface area contributed by atoms with E-state index in [1.807, 2.05) is 18.2 Å². The normalized spacial score (nSPS) is 9.91. The second kappa shape index (κ2) is 7.83. The molecule has 0 aliphatic rings. The fourth-order valence-corrected chi connectivity index (χ4v) is 3.35. The summed E-state index contributed by atoms with van der Waals surface area (Å²) in [6, 6.07) is 10.2. The van der Waals surface area contributed by atoms with E-state index in [0.29, 0.717) is 0 Å². The van der Waals surface area contributed by atoms with E-state index in [-0.39, 0.29) is 11.0 Å². The molecule has 0 spiro atoms. The molecular weight excluding hydrogens is 426 g/mol. The first-order valence-corrected chi connectivity index (χ1v) is 8.08. The maximum atomic E-state index is 4.39. The summed E-state index contributed by atoms with van der Waals surface area (Å²) in [4.78, 5) is 8.75. The molecule has 0 fully saturated rings. The molecule has 0 saturated heterocycles. The summed E-state index contributed by atoms with van der Waals surface area (Å²) in [6.45, 7) is 4.19. The lowest BCUT2D eigenvalue weighted by Crippen LogP contribution is -1.98. The Kier molecular flexibility index (Phi) is 6.64. The summed E-state index contributed by atoms with van der Waals surface area (Å²) in [7, 11) is 0. The van der Waals surface area contributed by atoms with Crippen LogP contribution in [0.2, 0.25) is 0 Å². The molecule has 3 aromatic rings. The van der Waals surface area contributed by atoms with Crippen LogP contribution >= 0.6 is 31.9 Å². The Morgan fingerprint density at radius 2 is 1.52 bits per heavy atom. The molecule has 1 aromatic heterocycles. The van der Waals surface area contributed by atoms with Crippen LogP contribution in [-0.4, -0.2) is 20.9 Å². The number of fused-ring (bicyclic) bond motifs is 1. The Morgan fingerprint density at radius 1 is 0.913 bits per heavy atom. The molecule has 2 aromatic carbocycles. The third-order valence-corrected chi connectivity index (χ3v) is 4.78. The van der Waals surface area contributed by atoms with E-state index >= 15 is 0 Å². The monoisotopic (exact) mass is 441 g/mol. The highest BCUT2D eigenvalue weighted by Crippen LogP contribution is 2.34. The fraction of sp³-hybridized carbons (Fsp3) is 0.125. The zero-order chi connectivity index (χ0) is 15.0. The Balaban J connectivity index is 0.00000132. The first-order valence-electron chi connectivity index (χ1n) is 6.49. The largest absolute Gasteiger partial charge is 0.412 e. The van der Waals surface area contributed by atoms with Gasteiger partial charge in [-0.15, -0.1) is 0 Å². The van der Waals surface area contributed by atoms with E-state index in [0.717, 1.165) is 31.4 Å². The molecule has 0 bridgehead atoms. The first-order chi connectivity index (χ1) is 10.1. The van der Waals surface area contributed by atoms with Crippen molar-refractivity contribution in [2.45, 2.75) is 13.8 Å². The van der Waals surface area contributed by atoms with Gasteiger partial charge in [-0.05, 0) is 81.1 Å². The zero-order valence-electron chi connectivity index (χ0n) is 12.6. The van der Waals surface area contributed by atoms with E-state index < -0.39 is 0 Å². The number of aryl methyl sites for hydroxylation is 2. The van der Waals surface area contributed by atoms with Crippen LogP contribution in [0.1, 0.15) is 11.1 Å². The minimum Gasteiger partial charge on any atom is -0.412 e.